The normalized spacial score (nSPS) is 21.6. The summed E-state index contributed by atoms with van der Waals surface area (Å²) >= 11 is 12.5. The second-order valence-corrected chi connectivity index (χ2v) is 11.6. The average molecular weight is 616 g/mol. The molecule has 4 N–H and O–H groups in total. The number of methoxy groups -OCH3 is 1. The lowest BCUT2D eigenvalue weighted by atomic mass is 10.0. The second kappa shape index (κ2) is 13.8. The van der Waals surface area contributed by atoms with Crippen LogP contribution in [0, 0.1) is 0 Å². The molecule has 4 atom stereocenters. The summed E-state index contributed by atoms with van der Waals surface area (Å²) in [5.41, 5.74) is 8.33. The summed E-state index contributed by atoms with van der Waals surface area (Å²) in [6.45, 7) is 1.28. The Morgan fingerprint density at radius 1 is 1.21 bits per heavy atom. The van der Waals surface area contributed by atoms with Gasteiger partial charge in [0.05, 0.1) is 18.2 Å². The lowest BCUT2D eigenvalue weighted by molar-refractivity contribution is -0.143. The molecule has 2 aliphatic rings. The number of H-pyrrole nitrogens is 1. The first-order valence-electron chi connectivity index (χ1n) is 14.2. The van der Waals surface area contributed by atoms with E-state index in [1.54, 1.807) is 17.0 Å². The van der Waals surface area contributed by atoms with Crippen LogP contribution in [0.25, 0.3) is 0 Å². The Hall–Kier alpha value is -3.25. The van der Waals surface area contributed by atoms with Crippen molar-refractivity contribution in [3.63, 3.8) is 0 Å². The van der Waals surface area contributed by atoms with Gasteiger partial charge < -0.3 is 20.7 Å². The van der Waals surface area contributed by atoms with E-state index >= 15 is 0 Å². The Morgan fingerprint density at radius 3 is 2.76 bits per heavy atom. The van der Waals surface area contributed by atoms with Crippen LogP contribution in [0.1, 0.15) is 42.6 Å². The maximum Gasteiger partial charge on any atom is 0.243 e. The predicted molar refractivity (Wildman–Crippen MR) is 159 cm³/mol. The molecule has 1 unspecified atom stereocenters. The molecule has 13 heteroatoms. The van der Waals surface area contributed by atoms with E-state index in [1.165, 1.54) is 12.7 Å². The molecule has 2 aromatic carbocycles. The lowest BCUT2D eigenvalue weighted by Gasteiger charge is -2.32. The molecular formula is C29H36Cl2N8O3. The van der Waals surface area contributed by atoms with Crippen LogP contribution in [-0.4, -0.2) is 86.6 Å². The highest BCUT2D eigenvalue weighted by atomic mass is 35.5. The van der Waals surface area contributed by atoms with Crippen LogP contribution < -0.4 is 15.8 Å². The van der Waals surface area contributed by atoms with Gasteiger partial charge in [0.1, 0.15) is 16.8 Å². The van der Waals surface area contributed by atoms with E-state index in [4.69, 9.17) is 33.7 Å². The van der Waals surface area contributed by atoms with E-state index < -0.39 is 6.04 Å². The minimum absolute atomic E-state index is 0.0643. The molecule has 0 spiro atoms. The topological polar surface area (TPSA) is 142 Å². The fraction of sp³-hybridized carbons (Fsp3) is 0.483. The summed E-state index contributed by atoms with van der Waals surface area (Å²) in [5, 5.41) is 17.8. The Kier molecular flexibility index (Phi) is 9.94. The zero-order valence-electron chi connectivity index (χ0n) is 23.5. The SMILES string of the molecule is COc1c(CNC(=O)[C@@H](CCc2nn[nH]n2)N2CCC(CCc3ccccc3)N3C[C@H](N)C[C@H]3C2=O)ccc(Cl)c1Cl. The highest BCUT2D eigenvalue weighted by molar-refractivity contribution is 6.43. The Bertz CT molecular complexity index is 1360. The molecule has 3 aromatic rings. The van der Waals surface area contributed by atoms with Gasteiger partial charge in [-0.2, -0.15) is 5.21 Å². The van der Waals surface area contributed by atoms with Gasteiger partial charge in [-0.3, -0.25) is 14.5 Å². The van der Waals surface area contributed by atoms with Gasteiger partial charge in [-0.15, -0.1) is 10.2 Å². The third-order valence-electron chi connectivity index (χ3n) is 8.22. The summed E-state index contributed by atoms with van der Waals surface area (Å²) in [6, 6.07) is 12.8. The second-order valence-electron chi connectivity index (χ2n) is 10.9. The van der Waals surface area contributed by atoms with E-state index in [9.17, 15) is 9.59 Å². The number of nitrogens with zero attached hydrogens (tertiary/aromatic N) is 5. The van der Waals surface area contributed by atoms with Crippen molar-refractivity contribution in [1.82, 2.24) is 35.7 Å². The van der Waals surface area contributed by atoms with E-state index in [-0.39, 0.29) is 41.5 Å². The molecule has 2 saturated heterocycles. The number of nitrogens with one attached hydrogen (secondary N) is 2. The van der Waals surface area contributed by atoms with Gasteiger partial charge in [0.15, 0.2) is 5.82 Å². The van der Waals surface area contributed by atoms with Crippen molar-refractivity contribution >= 4 is 35.0 Å². The van der Waals surface area contributed by atoms with Crippen LogP contribution in [0.5, 0.6) is 5.75 Å². The van der Waals surface area contributed by atoms with Crippen LogP contribution in [-0.2, 0) is 29.0 Å². The molecule has 2 amide bonds. The number of hydrogen-bond donors (Lipinski definition) is 3. The number of fused-ring (bicyclic) bond motifs is 1. The average Bonchev–Trinajstić information content (AvgIpc) is 3.64. The molecular weight excluding hydrogens is 579 g/mol. The number of halogens is 2. The number of nitrogens with two attached hydrogens (primary N) is 1. The van der Waals surface area contributed by atoms with E-state index in [1.807, 2.05) is 18.2 Å². The molecule has 0 radical (unpaired) electrons. The van der Waals surface area contributed by atoms with Gasteiger partial charge in [-0.25, -0.2) is 0 Å². The van der Waals surface area contributed by atoms with E-state index in [0.717, 1.165) is 19.3 Å². The number of aromatic nitrogens is 4. The Labute approximate surface area is 255 Å². The van der Waals surface area contributed by atoms with Crippen molar-refractivity contribution in [2.24, 2.45) is 5.73 Å². The first kappa shape index (κ1) is 30.2. The van der Waals surface area contributed by atoms with Crippen molar-refractivity contribution in [2.45, 2.75) is 69.2 Å². The predicted octanol–water partition coefficient (Wildman–Crippen LogP) is 2.77. The quantitative estimate of drug-likeness (QED) is 0.299. The Morgan fingerprint density at radius 2 is 2.02 bits per heavy atom. The number of amides is 2. The third-order valence-corrected chi connectivity index (χ3v) is 9.01. The van der Waals surface area contributed by atoms with Crippen molar-refractivity contribution < 1.29 is 14.3 Å². The standard InChI is InChI=1S/C29H36Cl2N8O3/c1-42-27-19(8-10-22(30)26(27)31)16-33-28(40)23(11-12-25-34-36-37-35-25)38-14-13-21(9-7-18-5-3-2-4-6-18)39-17-20(32)15-24(39)29(38)41/h2-6,8,10,20-21,23-24H,7,9,11-17,32H2,1H3,(H,33,40)(H,34,35,36,37)/t20-,21?,23-,24+/m1/s1. The first-order chi connectivity index (χ1) is 20.4. The van der Waals surface area contributed by atoms with Crippen LogP contribution in [0.2, 0.25) is 10.0 Å². The summed E-state index contributed by atoms with van der Waals surface area (Å²) < 4.78 is 5.44. The largest absolute Gasteiger partial charge is 0.495 e. The molecule has 2 fully saturated rings. The molecule has 0 saturated carbocycles. The van der Waals surface area contributed by atoms with Gasteiger partial charge in [0.2, 0.25) is 11.8 Å². The van der Waals surface area contributed by atoms with Crippen LogP contribution >= 0.6 is 23.2 Å². The number of tetrazole rings is 1. The van der Waals surface area contributed by atoms with Crippen molar-refractivity contribution in [3.05, 3.63) is 69.5 Å². The fourth-order valence-corrected chi connectivity index (χ4v) is 6.52. The smallest absolute Gasteiger partial charge is 0.243 e. The molecule has 1 aromatic heterocycles. The minimum atomic E-state index is -0.740. The third kappa shape index (κ3) is 6.86. The van der Waals surface area contributed by atoms with Crippen LogP contribution in [0.4, 0.5) is 0 Å². The summed E-state index contributed by atoms with van der Waals surface area (Å²) in [6.07, 6.45) is 3.84. The maximum atomic E-state index is 14.1. The molecule has 5 rings (SSSR count). The first-order valence-corrected chi connectivity index (χ1v) is 15.0. The number of rotatable bonds is 11. The highest BCUT2D eigenvalue weighted by Crippen LogP contribution is 2.35. The molecule has 0 bridgehead atoms. The number of aromatic amines is 1. The molecule has 0 aliphatic carbocycles. The van der Waals surface area contributed by atoms with Crippen molar-refractivity contribution in [2.75, 3.05) is 20.2 Å². The van der Waals surface area contributed by atoms with Gasteiger partial charge in [-0.05, 0) is 43.7 Å². The number of carbonyl (C=O) groups excluding carboxylic acids is 2. The van der Waals surface area contributed by atoms with Gasteiger partial charge >= 0.3 is 0 Å². The molecule has 3 heterocycles. The number of hydrogen-bond acceptors (Lipinski definition) is 8. The molecule has 11 nitrogen and oxygen atoms in total. The van der Waals surface area contributed by atoms with E-state index in [2.05, 4.69) is 43.0 Å². The maximum absolute atomic E-state index is 14.1. The summed E-state index contributed by atoms with van der Waals surface area (Å²) in [7, 11) is 1.50. The highest BCUT2D eigenvalue weighted by Gasteiger charge is 2.45. The van der Waals surface area contributed by atoms with E-state index in [0.29, 0.717) is 54.5 Å². The van der Waals surface area contributed by atoms with Gasteiger partial charge in [0, 0.05) is 43.7 Å². The lowest BCUT2D eigenvalue weighted by Crippen LogP contribution is -2.53. The zero-order valence-corrected chi connectivity index (χ0v) is 25.0. The summed E-state index contributed by atoms with van der Waals surface area (Å²) in [5.74, 6) is 0.532. The summed E-state index contributed by atoms with van der Waals surface area (Å²) in [4.78, 5) is 31.9. The zero-order chi connectivity index (χ0) is 29.6. The van der Waals surface area contributed by atoms with Gasteiger partial charge in [-0.1, -0.05) is 64.8 Å². The van der Waals surface area contributed by atoms with Crippen molar-refractivity contribution in [3.8, 4) is 5.75 Å². The molecule has 224 valence electrons. The number of benzene rings is 2. The minimum Gasteiger partial charge on any atom is -0.495 e. The van der Waals surface area contributed by atoms with Crippen LogP contribution in [0.3, 0.4) is 0 Å². The molecule has 2 aliphatic heterocycles. The number of ether oxygens (including phenoxy) is 1. The van der Waals surface area contributed by atoms with Crippen LogP contribution in [0.15, 0.2) is 42.5 Å². The number of carbonyl (C=O) groups is 2. The van der Waals surface area contributed by atoms with Gasteiger partial charge in [0.25, 0.3) is 0 Å². The monoisotopic (exact) mass is 614 g/mol. The van der Waals surface area contributed by atoms with Crippen molar-refractivity contribution in [1.29, 1.82) is 0 Å². The Balaban J connectivity index is 1.36. The number of aryl methyl sites for hydroxylation is 2. The molecule has 42 heavy (non-hydrogen) atoms. The fourth-order valence-electron chi connectivity index (χ4n) is 6.11.